The minimum Gasteiger partial charge on any atom is -0.508 e. The van der Waals surface area contributed by atoms with Gasteiger partial charge >= 0.3 is 0 Å². The lowest BCUT2D eigenvalue weighted by Crippen LogP contribution is -2.60. The van der Waals surface area contributed by atoms with E-state index in [-0.39, 0.29) is 30.2 Å². The predicted molar refractivity (Wildman–Crippen MR) is 183 cm³/mol. The number of para-hydroxylation sites is 1. The van der Waals surface area contributed by atoms with E-state index in [4.69, 9.17) is 23.2 Å². The number of hydrogen-bond acceptors (Lipinski definition) is 6. The Bertz CT molecular complexity index is 2080. The summed E-state index contributed by atoms with van der Waals surface area (Å²) in [6, 6.07) is 27.6. The lowest BCUT2D eigenvalue weighted by Gasteiger charge is -2.50. The Labute approximate surface area is 290 Å². The van der Waals surface area contributed by atoms with Gasteiger partial charge in [-0.3, -0.25) is 24.1 Å². The number of rotatable bonds is 5. The number of carbonyl (C=O) groups is 4. The maximum atomic E-state index is 14.4. The van der Waals surface area contributed by atoms with E-state index in [1.165, 1.54) is 29.2 Å². The fourth-order valence-corrected chi connectivity index (χ4v) is 9.05. The van der Waals surface area contributed by atoms with Crippen LogP contribution < -0.4 is 15.1 Å². The number of anilines is 4. The van der Waals surface area contributed by atoms with E-state index >= 15 is 0 Å². The van der Waals surface area contributed by atoms with Crippen LogP contribution in [0, 0.1) is 23.6 Å². The maximum Gasteiger partial charge on any atom is 0.258 e. The minimum absolute atomic E-state index is 0.0926. The number of carbonyl (C=O) groups excluding carboxylic acids is 4. The molecule has 2 heterocycles. The van der Waals surface area contributed by atoms with Crippen LogP contribution in [0.5, 0.6) is 5.75 Å². The van der Waals surface area contributed by atoms with Gasteiger partial charge in [0.05, 0.1) is 23.2 Å². The van der Waals surface area contributed by atoms with Crippen molar-refractivity contribution in [1.29, 1.82) is 0 Å². The molecule has 4 aromatic rings. The Morgan fingerprint density at radius 1 is 0.735 bits per heavy atom. The van der Waals surface area contributed by atoms with Crippen molar-refractivity contribution in [1.82, 2.24) is 0 Å². The number of nitrogens with zero attached hydrogens (tertiary/aromatic N) is 2. The van der Waals surface area contributed by atoms with E-state index in [2.05, 4.69) is 5.32 Å². The molecule has 4 aromatic carbocycles. The van der Waals surface area contributed by atoms with Crippen LogP contribution in [0.1, 0.15) is 24.3 Å². The first-order chi connectivity index (χ1) is 23.5. The second-order valence-corrected chi connectivity index (χ2v) is 14.1. The monoisotopic (exact) mass is 695 g/mol. The molecule has 0 radical (unpaired) electrons. The molecule has 3 fully saturated rings. The highest BCUT2D eigenvalue weighted by atomic mass is 35.5. The zero-order valence-electron chi connectivity index (χ0n) is 25.7. The summed E-state index contributed by atoms with van der Waals surface area (Å²) in [5.74, 6) is -6.43. The first kappa shape index (κ1) is 31.3. The van der Waals surface area contributed by atoms with Gasteiger partial charge in [0.25, 0.3) is 11.8 Å². The number of phenolic OH excluding ortho intramolecular Hbond substituents is 1. The van der Waals surface area contributed by atoms with Crippen LogP contribution in [-0.4, -0.2) is 38.5 Å². The molecule has 4 aliphatic rings. The van der Waals surface area contributed by atoms with Crippen molar-refractivity contribution >= 4 is 69.6 Å². The number of halogens is 3. The molecule has 0 unspecified atom stereocenters. The van der Waals surface area contributed by atoms with Crippen molar-refractivity contribution in [2.24, 2.45) is 17.8 Å². The summed E-state index contributed by atoms with van der Waals surface area (Å²) in [6.45, 7) is 0. The fourth-order valence-electron chi connectivity index (χ4n) is 8.11. The van der Waals surface area contributed by atoms with Gasteiger partial charge in [0, 0.05) is 17.3 Å². The Morgan fingerprint density at radius 3 is 2.08 bits per heavy atom. The molecule has 2 saturated heterocycles. The first-order valence-electron chi connectivity index (χ1n) is 15.8. The summed E-state index contributed by atoms with van der Waals surface area (Å²) in [7, 11) is 0. The lowest BCUT2D eigenvalue weighted by atomic mass is 9.56. The van der Waals surface area contributed by atoms with Crippen molar-refractivity contribution in [3.8, 4) is 5.75 Å². The van der Waals surface area contributed by atoms with Gasteiger partial charge in [0.15, 0.2) is 9.75 Å². The van der Waals surface area contributed by atoms with Gasteiger partial charge in [-0.05, 0) is 97.1 Å². The maximum absolute atomic E-state index is 14.4. The topological polar surface area (TPSA) is 107 Å². The molecule has 6 atom stereocenters. The Balaban J connectivity index is 1.19. The van der Waals surface area contributed by atoms with E-state index in [1.807, 2.05) is 36.4 Å². The summed E-state index contributed by atoms with van der Waals surface area (Å²) < 4.78 is 13.9. The Hall–Kier alpha value is -4.99. The molecule has 246 valence electrons. The highest BCUT2D eigenvalue weighted by Crippen LogP contribution is 2.66. The third kappa shape index (κ3) is 4.56. The standard InChI is InChI=1S/C38H28Cl2FN3O5/c39-37-20-30-28(17-18-29-31(30)34(47)43(33(29)46)25-15-11-24(12-16-25)42-23-6-2-1-3-7-23)32(21-5-4-8-27(45)19-21)38(37,40)36(49)44(35(37)48)26-13-9-22(41)10-14-26/h1-17,19,29-32,42,45H,18,20H2/t29-,30+,31-,32-,37+,38-/m0/s1. The van der Waals surface area contributed by atoms with Gasteiger partial charge in [0.2, 0.25) is 11.8 Å². The van der Waals surface area contributed by atoms with Crippen molar-refractivity contribution in [3.05, 3.63) is 126 Å². The third-order valence-electron chi connectivity index (χ3n) is 10.3. The quantitative estimate of drug-likeness (QED) is 0.132. The molecule has 0 aromatic heterocycles. The molecule has 0 bridgehead atoms. The predicted octanol–water partition coefficient (Wildman–Crippen LogP) is 7.04. The first-order valence-corrected chi connectivity index (χ1v) is 16.6. The van der Waals surface area contributed by atoms with Gasteiger partial charge < -0.3 is 10.4 Å². The summed E-state index contributed by atoms with van der Waals surface area (Å²) in [5, 5.41) is 13.8. The second kappa shape index (κ2) is 11.3. The van der Waals surface area contributed by atoms with Crippen LogP contribution in [-0.2, 0) is 19.2 Å². The van der Waals surface area contributed by atoms with Crippen LogP contribution >= 0.6 is 23.2 Å². The van der Waals surface area contributed by atoms with E-state index < -0.39 is 57.0 Å². The van der Waals surface area contributed by atoms with E-state index in [1.54, 1.807) is 36.4 Å². The molecule has 8 rings (SSSR count). The summed E-state index contributed by atoms with van der Waals surface area (Å²) >= 11 is 14.7. The lowest BCUT2D eigenvalue weighted by molar-refractivity contribution is -0.125. The molecule has 49 heavy (non-hydrogen) atoms. The summed E-state index contributed by atoms with van der Waals surface area (Å²) in [5.41, 5.74) is 3.19. The average molecular weight is 697 g/mol. The highest BCUT2D eigenvalue weighted by molar-refractivity contribution is 6.58. The molecular formula is C38H28Cl2FN3O5. The molecule has 2 aliphatic carbocycles. The van der Waals surface area contributed by atoms with Gasteiger partial charge in [0.1, 0.15) is 11.6 Å². The number of benzene rings is 4. The molecular weight excluding hydrogens is 668 g/mol. The van der Waals surface area contributed by atoms with Crippen LogP contribution in [0.15, 0.2) is 115 Å². The van der Waals surface area contributed by atoms with Crippen molar-refractivity contribution in [2.75, 3.05) is 15.1 Å². The van der Waals surface area contributed by atoms with Crippen LogP contribution in [0.4, 0.5) is 27.1 Å². The summed E-state index contributed by atoms with van der Waals surface area (Å²) in [6.07, 6.45) is 1.84. The molecule has 4 amide bonds. The second-order valence-electron chi connectivity index (χ2n) is 12.9. The van der Waals surface area contributed by atoms with Gasteiger partial charge in [-0.2, -0.15) is 0 Å². The zero-order chi connectivity index (χ0) is 34.2. The number of allylic oxidation sites excluding steroid dienone is 2. The molecule has 8 nitrogen and oxygen atoms in total. The number of amides is 4. The smallest absolute Gasteiger partial charge is 0.258 e. The van der Waals surface area contributed by atoms with Crippen LogP contribution in [0.2, 0.25) is 0 Å². The zero-order valence-corrected chi connectivity index (χ0v) is 27.2. The van der Waals surface area contributed by atoms with E-state index in [0.29, 0.717) is 16.8 Å². The number of phenols is 1. The fraction of sp³-hybridized carbons (Fsp3) is 0.211. The van der Waals surface area contributed by atoms with Crippen LogP contribution in [0.25, 0.3) is 0 Å². The normalized spacial score (nSPS) is 29.0. The van der Waals surface area contributed by atoms with Crippen LogP contribution in [0.3, 0.4) is 0 Å². The molecule has 0 spiro atoms. The van der Waals surface area contributed by atoms with Gasteiger partial charge in [-0.25, -0.2) is 9.29 Å². The Morgan fingerprint density at radius 2 is 1.39 bits per heavy atom. The highest BCUT2D eigenvalue weighted by Gasteiger charge is 2.76. The van der Waals surface area contributed by atoms with Crippen molar-refractivity contribution in [2.45, 2.75) is 28.5 Å². The van der Waals surface area contributed by atoms with E-state index in [9.17, 15) is 28.7 Å². The number of fused-ring (bicyclic) bond motifs is 4. The SMILES string of the molecule is O=C1[C@H]2[C@H](CC=C3[C@H]2C[C@@]2(Cl)C(=O)N(c4ccc(F)cc4)C(=O)[C@@]2(Cl)[C@H]3c2cccc(O)c2)C(=O)N1c1ccc(Nc2ccccc2)cc1. The number of aromatic hydroxyl groups is 1. The Kier molecular flexibility index (Phi) is 7.21. The number of alkyl halides is 2. The molecule has 2 N–H and O–H groups in total. The average Bonchev–Trinajstić information content (AvgIpc) is 3.43. The van der Waals surface area contributed by atoms with Crippen molar-refractivity contribution < 1.29 is 28.7 Å². The van der Waals surface area contributed by atoms with E-state index in [0.717, 1.165) is 28.4 Å². The van der Waals surface area contributed by atoms with Gasteiger partial charge in [-0.1, -0.05) is 42.0 Å². The molecule has 1 saturated carbocycles. The largest absolute Gasteiger partial charge is 0.508 e. The van der Waals surface area contributed by atoms with Gasteiger partial charge in [-0.15, -0.1) is 23.2 Å². The third-order valence-corrected chi connectivity index (χ3v) is 11.7. The molecule has 2 aliphatic heterocycles. The minimum atomic E-state index is -2.07. The van der Waals surface area contributed by atoms with Crippen molar-refractivity contribution in [3.63, 3.8) is 0 Å². The number of imide groups is 2. The number of hydrogen-bond donors (Lipinski definition) is 2. The number of nitrogens with one attached hydrogen (secondary N) is 1. The molecule has 11 heteroatoms. The summed E-state index contributed by atoms with van der Waals surface area (Å²) in [4.78, 5) is 55.0.